The number of nitrogens with one attached hydrogen (secondary N) is 1. The third-order valence-electron chi connectivity index (χ3n) is 5.04. The predicted octanol–water partition coefficient (Wildman–Crippen LogP) is 5.61. The number of aryl methyl sites for hydroxylation is 1. The molecule has 162 valence electrons. The molecule has 5 nitrogen and oxygen atoms in total. The second-order valence-corrected chi connectivity index (χ2v) is 7.49. The van der Waals surface area contributed by atoms with Crippen LogP contribution in [0.5, 0.6) is 0 Å². The minimum Gasteiger partial charge on any atom is -0.464 e. The zero-order valence-corrected chi connectivity index (χ0v) is 17.3. The van der Waals surface area contributed by atoms with Crippen LogP contribution in [0.3, 0.4) is 0 Å². The van der Waals surface area contributed by atoms with Gasteiger partial charge in [-0.15, -0.1) is 0 Å². The van der Waals surface area contributed by atoms with Gasteiger partial charge in [0.25, 0.3) is 0 Å². The lowest BCUT2D eigenvalue weighted by atomic mass is 10.1. The molecule has 32 heavy (non-hydrogen) atoms. The first-order valence-electron chi connectivity index (χ1n) is 9.96. The van der Waals surface area contributed by atoms with E-state index in [1.807, 2.05) is 43.3 Å². The number of amides is 2. The molecule has 0 unspecified atom stereocenters. The van der Waals surface area contributed by atoms with Crippen LogP contribution in [0.1, 0.15) is 16.7 Å². The van der Waals surface area contributed by atoms with Crippen molar-refractivity contribution in [3.8, 4) is 0 Å². The number of hydrogen-bond donors (Lipinski definition) is 1. The van der Waals surface area contributed by atoms with E-state index >= 15 is 0 Å². The smallest absolute Gasteiger partial charge is 0.322 e. The van der Waals surface area contributed by atoms with E-state index in [1.165, 1.54) is 11.2 Å². The molecule has 1 N–H and O–H groups in total. The number of halogens is 2. The number of anilines is 1. The molecular weight excluding hydrogens is 414 g/mol. The normalized spacial score (nSPS) is 10.8. The lowest BCUT2D eigenvalue weighted by Gasteiger charge is -2.23. The van der Waals surface area contributed by atoms with Gasteiger partial charge in [0.15, 0.2) is 5.43 Å². The molecule has 0 saturated heterocycles. The number of urea groups is 1. The summed E-state index contributed by atoms with van der Waals surface area (Å²) in [6, 6.07) is 16.8. The highest BCUT2D eigenvalue weighted by molar-refractivity contribution is 5.89. The molecule has 0 aliphatic carbocycles. The van der Waals surface area contributed by atoms with Gasteiger partial charge in [-0.05, 0) is 36.8 Å². The van der Waals surface area contributed by atoms with Gasteiger partial charge in [0.2, 0.25) is 0 Å². The van der Waals surface area contributed by atoms with Crippen LogP contribution in [0.2, 0.25) is 0 Å². The summed E-state index contributed by atoms with van der Waals surface area (Å²) in [4.78, 5) is 27.4. The van der Waals surface area contributed by atoms with E-state index in [-0.39, 0.29) is 29.8 Å². The van der Waals surface area contributed by atoms with Crippen LogP contribution in [0, 0.1) is 18.6 Å². The highest BCUT2D eigenvalue weighted by Crippen LogP contribution is 2.18. The molecule has 1 aromatic heterocycles. The summed E-state index contributed by atoms with van der Waals surface area (Å²) in [5.41, 5.74) is 2.07. The van der Waals surface area contributed by atoms with Crippen molar-refractivity contribution in [3.63, 3.8) is 0 Å². The molecule has 0 saturated carbocycles. The molecule has 0 aliphatic rings. The predicted molar refractivity (Wildman–Crippen MR) is 118 cm³/mol. The molecule has 0 aliphatic heterocycles. The van der Waals surface area contributed by atoms with Gasteiger partial charge in [-0.3, -0.25) is 4.79 Å². The number of rotatable bonds is 5. The first kappa shape index (κ1) is 21.2. The number of carbonyl (C=O) groups is 1. The van der Waals surface area contributed by atoms with Gasteiger partial charge in [-0.2, -0.15) is 0 Å². The van der Waals surface area contributed by atoms with Crippen molar-refractivity contribution >= 4 is 22.7 Å². The van der Waals surface area contributed by atoms with Crippen LogP contribution in [-0.4, -0.2) is 10.9 Å². The number of fused-ring (bicyclic) bond motifs is 1. The van der Waals surface area contributed by atoms with Gasteiger partial charge in [-0.1, -0.05) is 42.0 Å². The SMILES string of the molecule is Cc1ccc2occ(CN(Cc3ccccc3)C(=O)Nc3ccc(F)cc3F)c(=O)c2c1. The molecule has 7 heteroatoms. The quantitative estimate of drug-likeness (QED) is 0.444. The van der Waals surface area contributed by atoms with E-state index in [0.717, 1.165) is 23.3 Å². The average Bonchev–Trinajstić information content (AvgIpc) is 2.78. The highest BCUT2D eigenvalue weighted by atomic mass is 19.1. The van der Waals surface area contributed by atoms with Gasteiger partial charge >= 0.3 is 6.03 Å². The van der Waals surface area contributed by atoms with Gasteiger partial charge < -0.3 is 14.6 Å². The Morgan fingerprint density at radius 3 is 2.53 bits per heavy atom. The Bertz CT molecular complexity index is 1340. The van der Waals surface area contributed by atoms with Crippen LogP contribution in [-0.2, 0) is 13.1 Å². The largest absolute Gasteiger partial charge is 0.464 e. The van der Waals surface area contributed by atoms with Crippen molar-refractivity contribution in [2.75, 3.05) is 5.32 Å². The van der Waals surface area contributed by atoms with Crippen molar-refractivity contribution < 1.29 is 18.0 Å². The van der Waals surface area contributed by atoms with E-state index in [9.17, 15) is 18.4 Å². The third kappa shape index (κ3) is 4.67. The fourth-order valence-electron chi connectivity index (χ4n) is 3.39. The summed E-state index contributed by atoms with van der Waals surface area (Å²) in [6.07, 6.45) is 1.34. The van der Waals surface area contributed by atoms with Gasteiger partial charge in [0.1, 0.15) is 17.2 Å². The number of carbonyl (C=O) groups excluding carboxylic acids is 1. The monoisotopic (exact) mass is 434 g/mol. The van der Waals surface area contributed by atoms with Crippen LogP contribution in [0.25, 0.3) is 11.0 Å². The van der Waals surface area contributed by atoms with Crippen molar-refractivity contribution in [2.45, 2.75) is 20.0 Å². The molecule has 4 rings (SSSR count). The summed E-state index contributed by atoms with van der Waals surface area (Å²) in [5.74, 6) is -1.63. The molecule has 3 aromatic carbocycles. The first-order valence-corrected chi connectivity index (χ1v) is 9.96. The van der Waals surface area contributed by atoms with E-state index in [1.54, 1.807) is 12.1 Å². The highest BCUT2D eigenvalue weighted by Gasteiger charge is 2.19. The second kappa shape index (κ2) is 9.01. The maximum Gasteiger partial charge on any atom is 0.322 e. The van der Waals surface area contributed by atoms with E-state index < -0.39 is 17.7 Å². The molecular formula is C25H20F2N2O3. The summed E-state index contributed by atoms with van der Waals surface area (Å²) in [6.45, 7) is 1.98. The number of benzene rings is 3. The van der Waals surface area contributed by atoms with Crippen molar-refractivity contribution in [2.24, 2.45) is 0 Å². The standard InChI is InChI=1S/C25H20F2N2O3/c1-16-7-10-23-20(11-16)24(30)18(15-32-23)14-29(13-17-5-3-2-4-6-17)25(31)28-22-9-8-19(26)12-21(22)27/h2-12,15H,13-14H2,1H3,(H,28,31). The molecule has 0 spiro atoms. The lowest BCUT2D eigenvalue weighted by Crippen LogP contribution is -2.35. The minimum absolute atomic E-state index is 0.0598. The Kier molecular flexibility index (Phi) is 5.98. The van der Waals surface area contributed by atoms with Crippen molar-refractivity contribution in [1.82, 2.24) is 4.90 Å². The van der Waals surface area contributed by atoms with Gasteiger partial charge in [0.05, 0.1) is 29.4 Å². The summed E-state index contributed by atoms with van der Waals surface area (Å²) >= 11 is 0. The number of nitrogens with zero attached hydrogens (tertiary/aromatic N) is 1. The molecule has 4 aromatic rings. The molecule has 2 amide bonds. The zero-order chi connectivity index (χ0) is 22.7. The Hall–Kier alpha value is -4.00. The van der Waals surface area contributed by atoms with E-state index in [2.05, 4.69) is 5.32 Å². The molecule has 0 radical (unpaired) electrons. The molecule has 0 bridgehead atoms. The average molecular weight is 434 g/mol. The first-order chi connectivity index (χ1) is 15.4. The zero-order valence-electron chi connectivity index (χ0n) is 17.3. The van der Waals surface area contributed by atoms with Crippen molar-refractivity contribution in [3.05, 3.63) is 112 Å². The van der Waals surface area contributed by atoms with Crippen molar-refractivity contribution in [1.29, 1.82) is 0 Å². The minimum atomic E-state index is -0.890. The van der Waals surface area contributed by atoms with Gasteiger partial charge in [0, 0.05) is 12.6 Å². The maximum absolute atomic E-state index is 14.1. The van der Waals surface area contributed by atoms with E-state index in [4.69, 9.17) is 4.42 Å². The fourth-order valence-corrected chi connectivity index (χ4v) is 3.39. The Morgan fingerprint density at radius 1 is 1.00 bits per heavy atom. The summed E-state index contributed by atoms with van der Waals surface area (Å²) in [7, 11) is 0. The summed E-state index contributed by atoms with van der Waals surface area (Å²) in [5, 5.41) is 2.88. The third-order valence-corrected chi connectivity index (χ3v) is 5.04. The van der Waals surface area contributed by atoms with E-state index in [0.29, 0.717) is 17.0 Å². The topological polar surface area (TPSA) is 62.6 Å². The molecule has 0 atom stereocenters. The fraction of sp³-hybridized carbons (Fsp3) is 0.120. The van der Waals surface area contributed by atoms with Crippen LogP contribution in [0.15, 0.2) is 82.2 Å². The van der Waals surface area contributed by atoms with Crippen LogP contribution >= 0.6 is 0 Å². The molecule has 1 heterocycles. The summed E-state index contributed by atoms with van der Waals surface area (Å²) < 4.78 is 32.9. The van der Waals surface area contributed by atoms with Gasteiger partial charge in [-0.25, -0.2) is 13.6 Å². The second-order valence-electron chi connectivity index (χ2n) is 7.49. The lowest BCUT2D eigenvalue weighted by molar-refractivity contribution is 0.206. The number of hydrogen-bond acceptors (Lipinski definition) is 3. The maximum atomic E-state index is 14.1. The van der Waals surface area contributed by atoms with Crippen LogP contribution in [0.4, 0.5) is 19.3 Å². The Balaban J connectivity index is 1.66. The molecule has 0 fully saturated rings. The Labute approximate surface area is 182 Å². The Morgan fingerprint density at radius 2 is 1.78 bits per heavy atom. The van der Waals surface area contributed by atoms with Crippen LogP contribution < -0.4 is 10.7 Å².